The fourth-order valence-corrected chi connectivity index (χ4v) is 4.47. The second-order valence-electron chi connectivity index (χ2n) is 6.79. The van der Waals surface area contributed by atoms with Gasteiger partial charge in [-0.15, -0.1) is 11.8 Å². The minimum absolute atomic E-state index is 0.0246. The number of carbonyl (C=O) groups is 2. The average Bonchev–Trinajstić information content (AvgIpc) is 3.45. The molecule has 1 aliphatic carbocycles. The third-order valence-corrected chi connectivity index (χ3v) is 6.12. The molecule has 0 unspecified atom stereocenters. The third kappa shape index (κ3) is 3.36. The van der Waals surface area contributed by atoms with Crippen molar-refractivity contribution in [3.63, 3.8) is 0 Å². The van der Waals surface area contributed by atoms with Crippen molar-refractivity contribution in [3.8, 4) is 0 Å². The van der Waals surface area contributed by atoms with Crippen LogP contribution in [0.1, 0.15) is 36.3 Å². The summed E-state index contributed by atoms with van der Waals surface area (Å²) in [6.07, 6.45) is 2.89. The molecule has 1 heterocycles. The number of thioether (sulfide) groups is 1. The maximum Gasteiger partial charge on any atom is 0.238 e. The maximum absolute atomic E-state index is 12.6. The Kier molecular flexibility index (Phi) is 4.72. The SMILES string of the molecule is CCc1ccccc1N1C(=O)CS[C@H]1c1ccc(NC(=O)C2CC2)cc1. The fourth-order valence-electron chi connectivity index (χ4n) is 3.30. The lowest BCUT2D eigenvalue weighted by Crippen LogP contribution is -2.28. The van der Waals surface area contributed by atoms with Gasteiger partial charge in [0.1, 0.15) is 5.37 Å². The largest absolute Gasteiger partial charge is 0.326 e. The van der Waals surface area contributed by atoms with Crippen molar-refractivity contribution in [2.75, 3.05) is 16.0 Å². The number of hydrogen-bond acceptors (Lipinski definition) is 3. The minimum atomic E-state index is -0.0246. The number of hydrogen-bond donors (Lipinski definition) is 1. The van der Waals surface area contributed by atoms with Crippen molar-refractivity contribution in [2.24, 2.45) is 5.92 Å². The van der Waals surface area contributed by atoms with Crippen LogP contribution in [0.4, 0.5) is 11.4 Å². The second-order valence-corrected chi connectivity index (χ2v) is 7.86. The molecular weight excluding hydrogens is 344 g/mol. The number of benzene rings is 2. The summed E-state index contributed by atoms with van der Waals surface area (Å²) in [5, 5.41) is 2.94. The predicted octanol–water partition coefficient (Wildman–Crippen LogP) is 4.38. The first kappa shape index (κ1) is 17.2. The van der Waals surface area contributed by atoms with E-state index in [2.05, 4.69) is 18.3 Å². The fraction of sp³-hybridized carbons (Fsp3) is 0.333. The van der Waals surface area contributed by atoms with Gasteiger partial charge in [-0.2, -0.15) is 0 Å². The molecule has 134 valence electrons. The molecule has 0 radical (unpaired) electrons. The van der Waals surface area contributed by atoms with Gasteiger partial charge in [-0.1, -0.05) is 37.3 Å². The van der Waals surface area contributed by atoms with Gasteiger partial charge >= 0.3 is 0 Å². The lowest BCUT2D eigenvalue weighted by molar-refractivity contribution is -0.117. The van der Waals surface area contributed by atoms with E-state index >= 15 is 0 Å². The number of nitrogens with one attached hydrogen (secondary N) is 1. The molecule has 2 amide bonds. The standard InChI is InChI=1S/C21H22N2O2S/c1-2-14-5-3-4-6-18(14)23-19(24)13-26-21(23)16-9-11-17(12-10-16)22-20(25)15-7-8-15/h3-6,9-12,15,21H,2,7-8,13H2,1H3,(H,22,25)/t21-/m0/s1. The zero-order valence-electron chi connectivity index (χ0n) is 14.8. The highest BCUT2D eigenvalue weighted by Crippen LogP contribution is 2.43. The molecule has 1 saturated carbocycles. The highest BCUT2D eigenvalue weighted by molar-refractivity contribution is 8.00. The Morgan fingerprint density at radius 2 is 1.88 bits per heavy atom. The summed E-state index contributed by atoms with van der Waals surface area (Å²) in [6, 6.07) is 16.0. The van der Waals surface area contributed by atoms with E-state index in [9.17, 15) is 9.59 Å². The summed E-state index contributed by atoms with van der Waals surface area (Å²) >= 11 is 1.65. The molecule has 1 aliphatic heterocycles. The Morgan fingerprint density at radius 1 is 1.15 bits per heavy atom. The molecule has 26 heavy (non-hydrogen) atoms. The van der Waals surface area contributed by atoms with Gasteiger partial charge in [-0.25, -0.2) is 0 Å². The van der Waals surface area contributed by atoms with Gasteiger partial charge in [0.25, 0.3) is 0 Å². The Morgan fingerprint density at radius 3 is 2.58 bits per heavy atom. The van der Waals surface area contributed by atoms with Gasteiger partial charge in [-0.3, -0.25) is 14.5 Å². The van der Waals surface area contributed by atoms with Crippen molar-refractivity contribution in [3.05, 3.63) is 59.7 Å². The van der Waals surface area contributed by atoms with Crippen LogP contribution in [-0.2, 0) is 16.0 Å². The van der Waals surface area contributed by atoms with Crippen molar-refractivity contribution in [1.82, 2.24) is 0 Å². The summed E-state index contributed by atoms with van der Waals surface area (Å²) in [7, 11) is 0. The monoisotopic (exact) mass is 366 g/mol. The first-order valence-corrected chi connectivity index (χ1v) is 10.1. The van der Waals surface area contributed by atoms with Gasteiger partial charge in [0.05, 0.1) is 5.75 Å². The van der Waals surface area contributed by atoms with Crippen LogP contribution in [0.15, 0.2) is 48.5 Å². The number of nitrogens with zero attached hydrogens (tertiary/aromatic N) is 1. The molecule has 4 nitrogen and oxygen atoms in total. The predicted molar refractivity (Wildman–Crippen MR) is 106 cm³/mol. The van der Waals surface area contributed by atoms with E-state index in [0.717, 1.165) is 36.2 Å². The van der Waals surface area contributed by atoms with Crippen LogP contribution in [-0.4, -0.2) is 17.6 Å². The topological polar surface area (TPSA) is 49.4 Å². The van der Waals surface area contributed by atoms with E-state index in [0.29, 0.717) is 5.75 Å². The van der Waals surface area contributed by atoms with Crippen molar-refractivity contribution >= 4 is 35.0 Å². The lowest BCUT2D eigenvalue weighted by atomic mass is 10.1. The third-order valence-electron chi connectivity index (χ3n) is 4.91. The molecule has 2 aromatic rings. The highest BCUT2D eigenvalue weighted by Gasteiger charge is 2.35. The molecule has 0 spiro atoms. The summed E-state index contributed by atoms with van der Waals surface area (Å²) < 4.78 is 0. The zero-order valence-corrected chi connectivity index (χ0v) is 15.6. The zero-order chi connectivity index (χ0) is 18.1. The van der Waals surface area contributed by atoms with E-state index in [4.69, 9.17) is 0 Å². The van der Waals surface area contributed by atoms with Gasteiger partial charge in [-0.05, 0) is 48.6 Å². The van der Waals surface area contributed by atoms with Gasteiger partial charge < -0.3 is 5.32 Å². The molecule has 1 N–H and O–H groups in total. The lowest BCUT2D eigenvalue weighted by Gasteiger charge is -2.26. The van der Waals surface area contributed by atoms with E-state index in [-0.39, 0.29) is 23.1 Å². The normalized spacial score (nSPS) is 19.7. The van der Waals surface area contributed by atoms with Crippen LogP contribution >= 0.6 is 11.8 Å². The van der Waals surface area contributed by atoms with Crippen LogP contribution < -0.4 is 10.2 Å². The number of amides is 2. The molecule has 2 aliphatic rings. The number of anilines is 2. The van der Waals surface area contributed by atoms with Crippen molar-refractivity contribution < 1.29 is 9.59 Å². The number of para-hydroxylation sites is 1. The van der Waals surface area contributed by atoms with Crippen LogP contribution in [0.3, 0.4) is 0 Å². The molecule has 2 aromatic carbocycles. The average molecular weight is 366 g/mol. The maximum atomic E-state index is 12.6. The first-order chi connectivity index (χ1) is 12.7. The molecule has 4 rings (SSSR count). The second kappa shape index (κ2) is 7.16. The Hall–Kier alpha value is -2.27. The highest BCUT2D eigenvalue weighted by atomic mass is 32.2. The van der Waals surface area contributed by atoms with Crippen LogP contribution in [0.25, 0.3) is 0 Å². The smallest absolute Gasteiger partial charge is 0.238 e. The molecule has 0 aromatic heterocycles. The number of carbonyl (C=O) groups excluding carboxylic acids is 2. The Bertz CT molecular complexity index is 830. The van der Waals surface area contributed by atoms with E-state index in [1.807, 2.05) is 47.4 Å². The number of rotatable bonds is 5. The minimum Gasteiger partial charge on any atom is -0.326 e. The summed E-state index contributed by atoms with van der Waals surface area (Å²) in [5.41, 5.74) is 4.08. The molecular formula is C21H22N2O2S. The first-order valence-electron chi connectivity index (χ1n) is 9.09. The van der Waals surface area contributed by atoms with Crippen LogP contribution in [0, 0.1) is 5.92 Å². The van der Waals surface area contributed by atoms with Crippen molar-refractivity contribution in [1.29, 1.82) is 0 Å². The molecule has 0 bridgehead atoms. The quantitative estimate of drug-likeness (QED) is 0.854. The summed E-state index contributed by atoms with van der Waals surface area (Å²) in [4.78, 5) is 26.4. The van der Waals surface area contributed by atoms with Gasteiger partial charge in [0, 0.05) is 17.3 Å². The summed E-state index contributed by atoms with van der Waals surface area (Å²) in [5.74, 6) is 0.940. The molecule has 5 heteroatoms. The Balaban J connectivity index is 1.57. The molecule has 1 saturated heterocycles. The molecule has 2 fully saturated rings. The van der Waals surface area contributed by atoms with E-state index in [1.165, 1.54) is 5.56 Å². The molecule has 1 atom stereocenters. The summed E-state index contributed by atoms with van der Waals surface area (Å²) in [6.45, 7) is 2.11. The van der Waals surface area contributed by atoms with E-state index < -0.39 is 0 Å². The van der Waals surface area contributed by atoms with E-state index in [1.54, 1.807) is 11.8 Å². The van der Waals surface area contributed by atoms with Crippen molar-refractivity contribution in [2.45, 2.75) is 31.6 Å². The Labute approximate surface area is 158 Å². The van der Waals surface area contributed by atoms with Crippen LogP contribution in [0.2, 0.25) is 0 Å². The van der Waals surface area contributed by atoms with Gasteiger partial charge in [0.15, 0.2) is 0 Å². The van der Waals surface area contributed by atoms with Gasteiger partial charge in [0.2, 0.25) is 11.8 Å². The number of aryl methyl sites for hydroxylation is 1. The van der Waals surface area contributed by atoms with Crippen LogP contribution in [0.5, 0.6) is 0 Å².